The zero-order chi connectivity index (χ0) is 24.6. The monoisotopic (exact) mass is 462 g/mol. The maximum absolute atomic E-state index is 11.6. The van der Waals surface area contributed by atoms with Crippen molar-refractivity contribution in [2.24, 2.45) is 0 Å². The van der Waals surface area contributed by atoms with Gasteiger partial charge in [0.05, 0.1) is 16.7 Å². The fourth-order valence-electron chi connectivity index (χ4n) is 4.63. The van der Waals surface area contributed by atoms with Crippen molar-refractivity contribution in [1.82, 2.24) is 0 Å². The Bertz CT molecular complexity index is 1310. The van der Waals surface area contributed by atoms with Crippen LogP contribution >= 0.6 is 0 Å². The molecule has 0 saturated heterocycles. The highest BCUT2D eigenvalue weighted by atomic mass is 16.5. The highest BCUT2D eigenvalue weighted by Gasteiger charge is 2.40. The van der Waals surface area contributed by atoms with Crippen molar-refractivity contribution in [2.75, 3.05) is 0 Å². The lowest BCUT2D eigenvalue weighted by Crippen LogP contribution is -2.29. The van der Waals surface area contributed by atoms with Crippen LogP contribution in [0.15, 0.2) is 29.9 Å². The van der Waals surface area contributed by atoms with Gasteiger partial charge in [-0.15, -0.1) is 0 Å². The van der Waals surface area contributed by atoms with Crippen LogP contribution in [0.4, 0.5) is 0 Å². The van der Waals surface area contributed by atoms with Gasteiger partial charge in [-0.2, -0.15) is 0 Å². The molecule has 0 spiro atoms. The number of aliphatic hydroxyl groups is 1. The first-order chi connectivity index (χ1) is 15.9. The molecule has 3 N–H and O–H groups in total. The molecule has 5 rings (SSSR count). The molecule has 34 heavy (non-hydrogen) atoms. The summed E-state index contributed by atoms with van der Waals surface area (Å²) in [6.07, 6.45) is 8.51. The highest BCUT2D eigenvalue weighted by molar-refractivity contribution is 5.80. The van der Waals surface area contributed by atoms with Crippen LogP contribution in [-0.2, 0) is 6.42 Å². The van der Waals surface area contributed by atoms with Gasteiger partial charge in [0.25, 0.3) is 0 Å². The van der Waals surface area contributed by atoms with E-state index in [9.17, 15) is 15.3 Å². The van der Waals surface area contributed by atoms with E-state index < -0.39 is 17.3 Å². The topological polar surface area (TPSA) is 88.4 Å². The number of allylic oxidation sites excluding steroid dienone is 2. The zero-order valence-electron chi connectivity index (χ0n) is 20.3. The van der Waals surface area contributed by atoms with Gasteiger partial charge in [0.1, 0.15) is 40.3 Å². The average molecular weight is 463 g/mol. The Morgan fingerprint density at radius 3 is 2.21 bits per heavy atom. The molecule has 3 aliphatic heterocycles. The number of fused-ring (bicyclic) bond motifs is 5. The van der Waals surface area contributed by atoms with Gasteiger partial charge < -0.3 is 29.5 Å². The van der Waals surface area contributed by atoms with Crippen LogP contribution in [0.1, 0.15) is 75.5 Å². The Balaban J connectivity index is 1.76. The van der Waals surface area contributed by atoms with Gasteiger partial charge in [0, 0.05) is 17.2 Å². The first kappa shape index (κ1) is 22.4. The molecule has 0 fully saturated rings. The largest absolute Gasteiger partial charge is 0.507 e. The summed E-state index contributed by atoms with van der Waals surface area (Å²) in [5.74, 6) is 1.38. The Morgan fingerprint density at radius 2 is 1.53 bits per heavy atom. The predicted octanol–water partition coefficient (Wildman–Crippen LogP) is 6.16. The second-order valence-corrected chi connectivity index (χ2v) is 10.4. The number of aromatic hydroxyl groups is 2. The van der Waals surface area contributed by atoms with Crippen molar-refractivity contribution < 1.29 is 29.5 Å². The normalized spacial score (nSPS) is 20.0. The zero-order valence-corrected chi connectivity index (χ0v) is 20.3. The molecule has 178 valence electrons. The van der Waals surface area contributed by atoms with E-state index in [0.29, 0.717) is 51.7 Å². The van der Waals surface area contributed by atoms with Crippen LogP contribution in [0.5, 0.6) is 34.5 Å². The van der Waals surface area contributed by atoms with Crippen molar-refractivity contribution >= 4 is 12.2 Å². The molecule has 0 aliphatic carbocycles. The lowest BCUT2D eigenvalue weighted by molar-refractivity contribution is 0.149. The fourth-order valence-corrected chi connectivity index (χ4v) is 4.63. The summed E-state index contributed by atoms with van der Waals surface area (Å²) in [5, 5.41) is 34.0. The molecule has 0 bridgehead atoms. The molecule has 3 aliphatic rings. The molecule has 2 aromatic carbocycles. The number of hydrogen-bond donors (Lipinski definition) is 3. The minimum Gasteiger partial charge on any atom is -0.507 e. The van der Waals surface area contributed by atoms with Crippen molar-refractivity contribution in [2.45, 2.75) is 65.3 Å². The predicted molar refractivity (Wildman–Crippen MR) is 131 cm³/mol. The Hall–Kier alpha value is -3.38. The average Bonchev–Trinajstić information content (AvgIpc) is 2.72. The summed E-state index contributed by atoms with van der Waals surface area (Å²) in [7, 11) is 0. The molecule has 1 atom stereocenters. The molecule has 0 aromatic heterocycles. The molecule has 1 unspecified atom stereocenters. The van der Waals surface area contributed by atoms with E-state index in [1.807, 2.05) is 65.8 Å². The second kappa shape index (κ2) is 7.31. The van der Waals surface area contributed by atoms with Gasteiger partial charge in [-0.3, -0.25) is 0 Å². The van der Waals surface area contributed by atoms with Crippen molar-refractivity contribution in [3.05, 3.63) is 57.7 Å². The maximum Gasteiger partial charge on any atom is 0.173 e. The minimum atomic E-state index is -1.22. The summed E-state index contributed by atoms with van der Waals surface area (Å²) in [5.41, 5.74) is 2.14. The van der Waals surface area contributed by atoms with E-state index in [1.54, 1.807) is 12.1 Å². The van der Waals surface area contributed by atoms with Crippen LogP contribution in [-0.4, -0.2) is 26.5 Å². The quantitative estimate of drug-likeness (QED) is 0.463. The van der Waals surface area contributed by atoms with Crippen LogP contribution < -0.4 is 14.2 Å². The third-order valence-electron chi connectivity index (χ3n) is 6.38. The number of benzene rings is 2. The van der Waals surface area contributed by atoms with Crippen molar-refractivity contribution in [1.29, 1.82) is 0 Å². The number of phenolic OH excluding ortho intramolecular Hbond substituents is 2. The van der Waals surface area contributed by atoms with Crippen molar-refractivity contribution in [3.8, 4) is 34.5 Å². The molecule has 2 aromatic rings. The first-order valence-electron chi connectivity index (χ1n) is 11.5. The molecular weight excluding hydrogens is 432 g/mol. The molecule has 3 heterocycles. The Morgan fingerprint density at radius 1 is 0.882 bits per heavy atom. The van der Waals surface area contributed by atoms with Gasteiger partial charge in [-0.25, -0.2) is 0 Å². The van der Waals surface area contributed by atoms with E-state index >= 15 is 0 Å². The number of phenols is 2. The van der Waals surface area contributed by atoms with Gasteiger partial charge in [0.15, 0.2) is 11.5 Å². The van der Waals surface area contributed by atoms with Crippen molar-refractivity contribution in [3.63, 3.8) is 0 Å². The number of hydrogen-bond acceptors (Lipinski definition) is 6. The van der Waals surface area contributed by atoms with Gasteiger partial charge in [-0.1, -0.05) is 11.6 Å². The van der Waals surface area contributed by atoms with E-state index in [0.717, 1.165) is 5.57 Å². The number of aliphatic hydroxyl groups excluding tert-OH is 1. The van der Waals surface area contributed by atoms with E-state index in [4.69, 9.17) is 14.2 Å². The summed E-state index contributed by atoms with van der Waals surface area (Å²) < 4.78 is 18.5. The lowest BCUT2D eigenvalue weighted by Gasteiger charge is -2.35. The molecular formula is C28H30O6. The first-order valence-corrected chi connectivity index (χ1v) is 11.5. The highest BCUT2D eigenvalue weighted by Crippen LogP contribution is 2.58. The maximum atomic E-state index is 11.6. The molecule has 0 amide bonds. The molecule has 0 saturated carbocycles. The smallest absolute Gasteiger partial charge is 0.173 e. The number of rotatable bonds is 2. The fraction of sp³-hybridized carbons (Fsp3) is 0.357. The van der Waals surface area contributed by atoms with Gasteiger partial charge >= 0.3 is 0 Å². The Labute approximate surface area is 199 Å². The summed E-state index contributed by atoms with van der Waals surface area (Å²) in [6, 6.07) is 1.70. The molecule has 6 nitrogen and oxygen atoms in total. The third-order valence-corrected chi connectivity index (χ3v) is 6.38. The SMILES string of the molecule is CC(C)=CCc1c(O)c2c(c3c1C(O)c1c(cc4c(c1O)C=CC(C)(C)O4)O3)C=CC(C)(C)O2. The number of ether oxygens (including phenoxy) is 3. The third kappa shape index (κ3) is 3.44. The minimum absolute atomic E-state index is 0.0304. The second-order valence-electron chi connectivity index (χ2n) is 10.4. The van der Waals surface area contributed by atoms with Gasteiger partial charge in [0.2, 0.25) is 0 Å². The van der Waals surface area contributed by atoms with Gasteiger partial charge in [-0.05, 0) is 72.3 Å². The van der Waals surface area contributed by atoms with E-state index in [2.05, 4.69) is 0 Å². The lowest BCUT2D eigenvalue weighted by atomic mass is 9.85. The molecule has 0 radical (unpaired) electrons. The van der Waals surface area contributed by atoms with Crippen LogP contribution in [0.2, 0.25) is 0 Å². The van der Waals surface area contributed by atoms with Crippen LogP contribution in [0.25, 0.3) is 12.2 Å². The summed E-state index contributed by atoms with van der Waals surface area (Å²) in [4.78, 5) is 0. The summed E-state index contributed by atoms with van der Waals surface area (Å²) >= 11 is 0. The van der Waals surface area contributed by atoms with E-state index in [-0.39, 0.29) is 17.1 Å². The molecule has 6 heteroatoms. The van der Waals surface area contributed by atoms with Crippen LogP contribution in [0, 0.1) is 0 Å². The Kier molecular flexibility index (Phi) is 4.82. The standard InChI is InChI=1S/C28H30O6/c1-14(2)7-8-16-20-24(31)21-19(13-18-15(22(21)29)9-11-27(3,4)33-18)32-25(20)17-10-12-28(5,6)34-26(17)23(16)30/h7,9-13,24,29-31H,8H2,1-6H3. The van der Waals surface area contributed by atoms with E-state index in [1.165, 1.54) is 0 Å². The van der Waals surface area contributed by atoms with Crippen LogP contribution in [0.3, 0.4) is 0 Å². The summed E-state index contributed by atoms with van der Waals surface area (Å²) in [6.45, 7) is 11.6.